The van der Waals surface area contributed by atoms with E-state index in [9.17, 15) is 4.79 Å². The van der Waals surface area contributed by atoms with Gasteiger partial charge in [-0.05, 0) is 18.9 Å². The van der Waals surface area contributed by atoms with Gasteiger partial charge < -0.3 is 0 Å². The predicted molar refractivity (Wildman–Crippen MR) is 64.6 cm³/mol. The van der Waals surface area contributed by atoms with Crippen LogP contribution in [0.1, 0.15) is 32.3 Å². The highest BCUT2D eigenvalue weighted by Gasteiger charge is 2.08. The lowest BCUT2D eigenvalue weighted by molar-refractivity contribution is -0.119. The van der Waals surface area contributed by atoms with Gasteiger partial charge in [0.2, 0.25) is 0 Å². The molecule has 0 bridgehead atoms. The molecule has 1 aromatic carbocycles. The van der Waals surface area contributed by atoms with E-state index in [4.69, 9.17) is 0 Å². The third-order valence-electron chi connectivity index (χ3n) is 2.44. The van der Waals surface area contributed by atoms with E-state index >= 15 is 0 Å². The Morgan fingerprint density at radius 1 is 1.33 bits per heavy atom. The molecule has 1 heteroatoms. The molecule has 1 unspecified atom stereocenters. The molecule has 1 aromatic rings. The number of Topliss-reactive ketones (excluding diaryl/α,β-unsaturated/α-hetero) is 1. The van der Waals surface area contributed by atoms with Gasteiger partial charge in [0.1, 0.15) is 5.78 Å². The summed E-state index contributed by atoms with van der Waals surface area (Å²) in [6.07, 6.45) is 6.03. The normalized spacial score (nSPS) is 12.9. The van der Waals surface area contributed by atoms with Crippen LogP contribution in [0.25, 0.3) is 6.08 Å². The number of carbonyl (C=O) groups is 1. The molecule has 0 N–H and O–H groups in total. The smallest absolute Gasteiger partial charge is 0.136 e. The Balaban J connectivity index is 2.65. The van der Waals surface area contributed by atoms with Crippen molar-refractivity contribution >= 4 is 11.9 Å². The summed E-state index contributed by atoms with van der Waals surface area (Å²) in [7, 11) is 0. The molecule has 0 amide bonds. The molecule has 0 aliphatic carbocycles. The first kappa shape index (κ1) is 11.7. The topological polar surface area (TPSA) is 17.1 Å². The Bertz CT molecular complexity index is 324. The van der Waals surface area contributed by atoms with Crippen LogP contribution in [-0.2, 0) is 4.79 Å². The Morgan fingerprint density at radius 2 is 2.00 bits per heavy atom. The quantitative estimate of drug-likeness (QED) is 0.711. The molecule has 0 fully saturated rings. The zero-order valence-corrected chi connectivity index (χ0v) is 9.44. The van der Waals surface area contributed by atoms with Crippen molar-refractivity contribution in [2.75, 3.05) is 0 Å². The van der Waals surface area contributed by atoms with E-state index in [1.807, 2.05) is 42.5 Å². The summed E-state index contributed by atoms with van der Waals surface area (Å²) in [5, 5.41) is 0. The van der Waals surface area contributed by atoms with Gasteiger partial charge in [0, 0.05) is 5.92 Å². The minimum Gasteiger partial charge on any atom is -0.299 e. The van der Waals surface area contributed by atoms with Crippen molar-refractivity contribution in [2.45, 2.75) is 26.7 Å². The van der Waals surface area contributed by atoms with E-state index in [1.54, 1.807) is 6.92 Å². The van der Waals surface area contributed by atoms with Crippen LogP contribution in [0, 0.1) is 5.92 Å². The molecular weight excluding hydrogens is 184 g/mol. The first-order valence-corrected chi connectivity index (χ1v) is 5.47. The van der Waals surface area contributed by atoms with Gasteiger partial charge in [0.05, 0.1) is 0 Å². The van der Waals surface area contributed by atoms with Gasteiger partial charge in [0.25, 0.3) is 0 Å². The molecule has 1 atom stereocenters. The van der Waals surface area contributed by atoms with Gasteiger partial charge in [-0.1, -0.05) is 55.8 Å². The van der Waals surface area contributed by atoms with Gasteiger partial charge >= 0.3 is 0 Å². The molecule has 15 heavy (non-hydrogen) atoms. The Morgan fingerprint density at radius 3 is 2.53 bits per heavy atom. The summed E-state index contributed by atoms with van der Waals surface area (Å²) in [6, 6.07) is 10.1. The van der Waals surface area contributed by atoms with Gasteiger partial charge in [-0.3, -0.25) is 4.79 Å². The summed E-state index contributed by atoms with van der Waals surface area (Å²) in [6.45, 7) is 3.77. The second-order valence-electron chi connectivity index (χ2n) is 3.78. The Hall–Kier alpha value is -1.37. The SMILES string of the molecule is CCCC(C=Cc1ccccc1)C(C)=O. The van der Waals surface area contributed by atoms with E-state index in [1.165, 1.54) is 0 Å². The minimum atomic E-state index is 0.0789. The van der Waals surface area contributed by atoms with Crippen molar-refractivity contribution in [3.63, 3.8) is 0 Å². The molecule has 0 aliphatic heterocycles. The predicted octanol–water partition coefficient (Wildman–Crippen LogP) is 3.71. The first-order valence-electron chi connectivity index (χ1n) is 5.47. The van der Waals surface area contributed by atoms with Crippen LogP contribution in [0.15, 0.2) is 36.4 Å². The lowest BCUT2D eigenvalue weighted by Gasteiger charge is -2.06. The number of benzene rings is 1. The third-order valence-corrected chi connectivity index (χ3v) is 2.44. The zero-order chi connectivity index (χ0) is 11.1. The molecule has 0 aliphatic rings. The highest BCUT2D eigenvalue weighted by Crippen LogP contribution is 2.12. The van der Waals surface area contributed by atoms with Crippen LogP contribution in [0.4, 0.5) is 0 Å². The van der Waals surface area contributed by atoms with Crippen molar-refractivity contribution in [2.24, 2.45) is 5.92 Å². The van der Waals surface area contributed by atoms with Crippen molar-refractivity contribution in [1.82, 2.24) is 0 Å². The molecule has 0 saturated carbocycles. The largest absolute Gasteiger partial charge is 0.299 e. The van der Waals surface area contributed by atoms with Crippen LogP contribution in [-0.4, -0.2) is 5.78 Å². The second kappa shape index (κ2) is 6.18. The molecule has 0 aromatic heterocycles. The van der Waals surface area contributed by atoms with Crippen LogP contribution >= 0.6 is 0 Å². The van der Waals surface area contributed by atoms with Gasteiger partial charge in [-0.25, -0.2) is 0 Å². The molecule has 0 saturated heterocycles. The number of carbonyl (C=O) groups excluding carboxylic acids is 1. The van der Waals surface area contributed by atoms with E-state index in [0.717, 1.165) is 18.4 Å². The lowest BCUT2D eigenvalue weighted by Crippen LogP contribution is -2.06. The van der Waals surface area contributed by atoms with E-state index in [0.29, 0.717) is 0 Å². The number of rotatable bonds is 5. The molecule has 0 heterocycles. The Labute approximate surface area is 91.8 Å². The number of hydrogen-bond donors (Lipinski definition) is 0. The maximum Gasteiger partial charge on any atom is 0.136 e. The minimum absolute atomic E-state index is 0.0789. The summed E-state index contributed by atoms with van der Waals surface area (Å²) >= 11 is 0. The summed E-state index contributed by atoms with van der Waals surface area (Å²) < 4.78 is 0. The van der Waals surface area contributed by atoms with Crippen molar-refractivity contribution in [3.8, 4) is 0 Å². The highest BCUT2D eigenvalue weighted by molar-refractivity contribution is 5.81. The summed E-state index contributed by atoms with van der Waals surface area (Å²) in [4.78, 5) is 11.3. The zero-order valence-electron chi connectivity index (χ0n) is 9.44. The van der Waals surface area contributed by atoms with Crippen molar-refractivity contribution < 1.29 is 4.79 Å². The van der Waals surface area contributed by atoms with Gasteiger partial charge in [0.15, 0.2) is 0 Å². The van der Waals surface area contributed by atoms with E-state index < -0.39 is 0 Å². The number of allylic oxidation sites excluding steroid dienone is 1. The maximum absolute atomic E-state index is 11.3. The summed E-state index contributed by atoms with van der Waals surface area (Å²) in [5.74, 6) is 0.333. The Kier molecular flexibility index (Phi) is 4.82. The fourth-order valence-electron chi connectivity index (χ4n) is 1.54. The first-order chi connectivity index (χ1) is 7.24. The standard InChI is InChI=1S/C14H18O/c1-3-7-14(12(2)15)11-10-13-8-5-4-6-9-13/h4-6,8-11,14H,3,7H2,1-2H3. The van der Waals surface area contributed by atoms with E-state index in [2.05, 4.69) is 6.92 Å². The number of hydrogen-bond acceptors (Lipinski definition) is 1. The van der Waals surface area contributed by atoms with Crippen LogP contribution in [0.5, 0.6) is 0 Å². The highest BCUT2D eigenvalue weighted by atomic mass is 16.1. The van der Waals surface area contributed by atoms with Crippen LogP contribution in [0.3, 0.4) is 0 Å². The average molecular weight is 202 g/mol. The molecule has 0 radical (unpaired) electrons. The average Bonchev–Trinajstić information content (AvgIpc) is 2.25. The molecule has 1 nitrogen and oxygen atoms in total. The molecule has 0 spiro atoms. The van der Waals surface area contributed by atoms with Crippen molar-refractivity contribution in [1.29, 1.82) is 0 Å². The number of ketones is 1. The van der Waals surface area contributed by atoms with E-state index in [-0.39, 0.29) is 11.7 Å². The van der Waals surface area contributed by atoms with Crippen molar-refractivity contribution in [3.05, 3.63) is 42.0 Å². The molecule has 80 valence electrons. The fourth-order valence-corrected chi connectivity index (χ4v) is 1.54. The summed E-state index contributed by atoms with van der Waals surface area (Å²) in [5.41, 5.74) is 1.15. The lowest BCUT2D eigenvalue weighted by atomic mass is 9.98. The monoisotopic (exact) mass is 202 g/mol. The van der Waals surface area contributed by atoms with Gasteiger partial charge in [-0.15, -0.1) is 0 Å². The molecular formula is C14H18O. The second-order valence-corrected chi connectivity index (χ2v) is 3.78. The van der Waals surface area contributed by atoms with Gasteiger partial charge in [-0.2, -0.15) is 0 Å². The van der Waals surface area contributed by atoms with Crippen LogP contribution in [0.2, 0.25) is 0 Å². The van der Waals surface area contributed by atoms with Crippen LogP contribution < -0.4 is 0 Å². The fraction of sp³-hybridized carbons (Fsp3) is 0.357. The third kappa shape index (κ3) is 4.11. The molecule has 1 rings (SSSR count). The maximum atomic E-state index is 11.3.